The molecule has 0 aliphatic heterocycles. The van der Waals surface area contributed by atoms with Gasteiger partial charge in [-0.05, 0) is 36.0 Å². The Kier molecular flexibility index (Phi) is 5.28. The molecule has 0 radical (unpaired) electrons. The second-order valence-electron chi connectivity index (χ2n) is 6.29. The van der Waals surface area contributed by atoms with Crippen LogP contribution in [-0.2, 0) is 11.8 Å². The molecular formula is C24H24. The van der Waals surface area contributed by atoms with E-state index in [4.69, 9.17) is 0 Å². The predicted molar refractivity (Wildman–Crippen MR) is 103 cm³/mol. The average Bonchev–Trinajstić information content (AvgIpc) is 2.67. The monoisotopic (exact) mass is 312 g/mol. The summed E-state index contributed by atoms with van der Waals surface area (Å²) in [6.07, 6.45) is 5.12. The highest BCUT2D eigenvalue weighted by molar-refractivity contribution is 5.40. The number of hydrogen-bond donors (Lipinski definition) is 0. The SMILES string of the molecule is C=CCC(CCc1ccccc1)(c1ccccc1)c1ccccc1. The van der Waals surface area contributed by atoms with Crippen LogP contribution in [0.5, 0.6) is 0 Å². The second-order valence-corrected chi connectivity index (χ2v) is 6.29. The van der Waals surface area contributed by atoms with E-state index < -0.39 is 0 Å². The molecule has 24 heavy (non-hydrogen) atoms. The van der Waals surface area contributed by atoms with Gasteiger partial charge in [0, 0.05) is 5.41 Å². The van der Waals surface area contributed by atoms with E-state index >= 15 is 0 Å². The van der Waals surface area contributed by atoms with E-state index in [0.717, 1.165) is 19.3 Å². The highest BCUT2D eigenvalue weighted by atomic mass is 14.3. The molecule has 3 rings (SSSR count). The first-order chi connectivity index (χ1) is 11.8. The van der Waals surface area contributed by atoms with Crippen molar-refractivity contribution in [3.8, 4) is 0 Å². The normalized spacial score (nSPS) is 11.2. The van der Waals surface area contributed by atoms with Crippen LogP contribution in [0.1, 0.15) is 29.5 Å². The standard InChI is InChI=1S/C24H24/c1-2-19-24(22-14-8-4-9-15-22,23-16-10-5-11-17-23)20-18-21-12-6-3-7-13-21/h2-17H,1,18-20H2. The molecule has 3 aromatic carbocycles. The quantitative estimate of drug-likeness (QED) is 0.457. The zero-order valence-corrected chi connectivity index (χ0v) is 14.1. The van der Waals surface area contributed by atoms with Gasteiger partial charge in [0.1, 0.15) is 0 Å². The maximum absolute atomic E-state index is 4.05. The van der Waals surface area contributed by atoms with E-state index in [1.807, 2.05) is 0 Å². The molecule has 0 heteroatoms. The molecule has 0 atom stereocenters. The summed E-state index contributed by atoms with van der Waals surface area (Å²) in [4.78, 5) is 0. The largest absolute Gasteiger partial charge is 0.103 e. The van der Waals surface area contributed by atoms with Crippen LogP contribution in [0.3, 0.4) is 0 Å². The minimum absolute atomic E-state index is 0.0277. The van der Waals surface area contributed by atoms with Crippen LogP contribution in [0, 0.1) is 0 Å². The van der Waals surface area contributed by atoms with Crippen LogP contribution >= 0.6 is 0 Å². The first-order valence-electron chi connectivity index (χ1n) is 8.61. The molecule has 0 unspecified atom stereocenters. The molecule has 0 fully saturated rings. The summed E-state index contributed by atoms with van der Waals surface area (Å²) in [7, 11) is 0. The lowest BCUT2D eigenvalue weighted by molar-refractivity contribution is 0.477. The molecule has 0 saturated carbocycles. The van der Waals surface area contributed by atoms with Gasteiger partial charge >= 0.3 is 0 Å². The van der Waals surface area contributed by atoms with Gasteiger partial charge in [0.05, 0.1) is 0 Å². The molecule has 0 saturated heterocycles. The topological polar surface area (TPSA) is 0 Å². The van der Waals surface area contributed by atoms with Gasteiger partial charge in [-0.2, -0.15) is 0 Å². The molecule has 0 aliphatic rings. The van der Waals surface area contributed by atoms with Crippen molar-refractivity contribution >= 4 is 0 Å². The molecule has 0 aromatic heterocycles. The molecule has 0 heterocycles. The molecule has 0 N–H and O–H groups in total. The zero-order chi connectivity index (χ0) is 16.7. The number of aryl methyl sites for hydroxylation is 1. The Labute approximate surface area is 145 Å². The smallest absolute Gasteiger partial charge is 0.0240 e. The lowest BCUT2D eigenvalue weighted by atomic mass is 9.68. The number of allylic oxidation sites excluding steroid dienone is 1. The van der Waals surface area contributed by atoms with Crippen molar-refractivity contribution in [3.63, 3.8) is 0 Å². The lowest BCUT2D eigenvalue weighted by Gasteiger charge is -2.35. The Morgan fingerprint density at radius 2 is 1.12 bits per heavy atom. The molecule has 0 amide bonds. The van der Waals surface area contributed by atoms with Crippen molar-refractivity contribution in [1.29, 1.82) is 0 Å². The fourth-order valence-corrected chi connectivity index (χ4v) is 3.56. The van der Waals surface area contributed by atoms with Crippen LogP contribution in [0.2, 0.25) is 0 Å². The summed E-state index contributed by atoms with van der Waals surface area (Å²) in [6, 6.07) is 32.5. The predicted octanol–water partition coefficient (Wildman–Crippen LogP) is 6.18. The Bertz CT molecular complexity index is 702. The van der Waals surface area contributed by atoms with Crippen molar-refractivity contribution in [2.75, 3.05) is 0 Å². The summed E-state index contributed by atoms with van der Waals surface area (Å²) < 4.78 is 0. The van der Waals surface area contributed by atoms with Gasteiger partial charge in [0.2, 0.25) is 0 Å². The van der Waals surface area contributed by atoms with Gasteiger partial charge in [-0.15, -0.1) is 6.58 Å². The minimum Gasteiger partial charge on any atom is -0.103 e. The zero-order valence-electron chi connectivity index (χ0n) is 14.1. The first-order valence-corrected chi connectivity index (χ1v) is 8.61. The third-order valence-corrected chi connectivity index (χ3v) is 4.83. The van der Waals surface area contributed by atoms with Crippen molar-refractivity contribution in [2.24, 2.45) is 0 Å². The number of benzene rings is 3. The van der Waals surface area contributed by atoms with Gasteiger partial charge in [-0.25, -0.2) is 0 Å². The van der Waals surface area contributed by atoms with Crippen molar-refractivity contribution < 1.29 is 0 Å². The Morgan fingerprint density at radius 3 is 1.58 bits per heavy atom. The maximum Gasteiger partial charge on any atom is 0.0240 e. The van der Waals surface area contributed by atoms with Crippen LogP contribution in [-0.4, -0.2) is 0 Å². The van der Waals surface area contributed by atoms with Crippen molar-refractivity contribution in [3.05, 3.63) is 120 Å². The second kappa shape index (κ2) is 7.79. The highest BCUT2D eigenvalue weighted by Gasteiger charge is 2.32. The van der Waals surface area contributed by atoms with Gasteiger partial charge < -0.3 is 0 Å². The summed E-state index contributed by atoms with van der Waals surface area (Å²) in [6.45, 7) is 4.05. The van der Waals surface area contributed by atoms with Crippen molar-refractivity contribution in [2.45, 2.75) is 24.7 Å². The van der Waals surface area contributed by atoms with Crippen LogP contribution in [0.15, 0.2) is 104 Å². The average molecular weight is 312 g/mol. The van der Waals surface area contributed by atoms with Gasteiger partial charge in [-0.1, -0.05) is 97.1 Å². The Hall–Kier alpha value is -2.60. The number of hydrogen-bond acceptors (Lipinski definition) is 0. The van der Waals surface area contributed by atoms with Crippen LogP contribution in [0.25, 0.3) is 0 Å². The highest BCUT2D eigenvalue weighted by Crippen LogP contribution is 2.40. The van der Waals surface area contributed by atoms with Gasteiger partial charge in [-0.3, -0.25) is 0 Å². The molecule has 0 spiro atoms. The van der Waals surface area contributed by atoms with E-state index in [2.05, 4.69) is 104 Å². The van der Waals surface area contributed by atoms with Gasteiger partial charge in [0.15, 0.2) is 0 Å². The molecule has 120 valence electrons. The van der Waals surface area contributed by atoms with Crippen LogP contribution < -0.4 is 0 Å². The van der Waals surface area contributed by atoms with E-state index in [0.29, 0.717) is 0 Å². The van der Waals surface area contributed by atoms with E-state index in [-0.39, 0.29) is 5.41 Å². The third kappa shape index (κ3) is 3.49. The van der Waals surface area contributed by atoms with E-state index in [1.54, 1.807) is 0 Å². The molecule has 0 nitrogen and oxygen atoms in total. The lowest BCUT2D eigenvalue weighted by Crippen LogP contribution is -2.28. The Morgan fingerprint density at radius 1 is 0.667 bits per heavy atom. The minimum atomic E-state index is -0.0277. The van der Waals surface area contributed by atoms with Crippen LogP contribution in [0.4, 0.5) is 0 Å². The summed E-state index contributed by atoms with van der Waals surface area (Å²) >= 11 is 0. The summed E-state index contributed by atoms with van der Waals surface area (Å²) in [5.41, 5.74) is 4.09. The number of rotatable bonds is 7. The maximum atomic E-state index is 4.05. The fraction of sp³-hybridized carbons (Fsp3) is 0.167. The van der Waals surface area contributed by atoms with E-state index in [1.165, 1.54) is 16.7 Å². The van der Waals surface area contributed by atoms with Crippen molar-refractivity contribution in [1.82, 2.24) is 0 Å². The fourth-order valence-electron chi connectivity index (χ4n) is 3.56. The van der Waals surface area contributed by atoms with E-state index in [9.17, 15) is 0 Å². The molecule has 0 bridgehead atoms. The third-order valence-electron chi connectivity index (χ3n) is 4.83. The molecular weight excluding hydrogens is 288 g/mol. The molecule has 0 aliphatic carbocycles. The first kappa shape index (κ1) is 16.3. The summed E-state index contributed by atoms with van der Waals surface area (Å²) in [5.74, 6) is 0. The molecule has 3 aromatic rings. The van der Waals surface area contributed by atoms with Gasteiger partial charge in [0.25, 0.3) is 0 Å². The summed E-state index contributed by atoms with van der Waals surface area (Å²) in [5, 5.41) is 0. The Balaban J connectivity index is 2.03.